The van der Waals surface area contributed by atoms with Gasteiger partial charge in [-0.1, -0.05) is 11.3 Å². The standard InChI is InChI=1S/C15H18N6/c1-2-6-20-9-14(17-15(20)3-1)11-21-10-13(18-19-21)8-16-7-12-4-5-12/h1-3,6,9-10,12,16H,4-5,7-8,11H2. The lowest BCUT2D eigenvalue weighted by Crippen LogP contribution is -2.16. The van der Waals surface area contributed by atoms with Crippen molar-refractivity contribution < 1.29 is 0 Å². The highest BCUT2D eigenvalue weighted by molar-refractivity contribution is 5.39. The first kappa shape index (κ1) is 12.5. The summed E-state index contributed by atoms with van der Waals surface area (Å²) in [6, 6.07) is 5.99. The third kappa shape index (κ3) is 2.95. The molecule has 0 radical (unpaired) electrons. The highest BCUT2D eigenvalue weighted by Crippen LogP contribution is 2.27. The molecule has 0 bridgehead atoms. The van der Waals surface area contributed by atoms with Crippen LogP contribution in [0.1, 0.15) is 24.2 Å². The summed E-state index contributed by atoms with van der Waals surface area (Å²) in [5, 5.41) is 11.8. The van der Waals surface area contributed by atoms with Gasteiger partial charge in [-0.25, -0.2) is 9.67 Å². The van der Waals surface area contributed by atoms with Crippen LogP contribution in [0.25, 0.3) is 5.65 Å². The van der Waals surface area contributed by atoms with Crippen LogP contribution in [0.2, 0.25) is 0 Å². The van der Waals surface area contributed by atoms with Gasteiger partial charge in [0.1, 0.15) is 5.65 Å². The number of hydrogen-bond acceptors (Lipinski definition) is 4. The Morgan fingerprint density at radius 1 is 1.19 bits per heavy atom. The second kappa shape index (κ2) is 5.29. The van der Waals surface area contributed by atoms with Crippen molar-refractivity contribution in [3.05, 3.63) is 48.2 Å². The van der Waals surface area contributed by atoms with Crippen LogP contribution in [0.4, 0.5) is 0 Å². The molecule has 21 heavy (non-hydrogen) atoms. The molecule has 0 atom stereocenters. The van der Waals surface area contributed by atoms with Gasteiger partial charge in [0.2, 0.25) is 0 Å². The quantitative estimate of drug-likeness (QED) is 0.744. The van der Waals surface area contributed by atoms with Gasteiger partial charge in [0.25, 0.3) is 0 Å². The van der Waals surface area contributed by atoms with E-state index in [-0.39, 0.29) is 0 Å². The number of pyridine rings is 1. The van der Waals surface area contributed by atoms with E-state index in [1.165, 1.54) is 12.8 Å². The SMILES string of the molecule is c1ccn2cc(Cn3cc(CNCC4CC4)nn3)nc2c1. The molecule has 108 valence electrons. The summed E-state index contributed by atoms with van der Waals surface area (Å²) < 4.78 is 3.86. The second-order valence-electron chi connectivity index (χ2n) is 5.68. The fourth-order valence-corrected chi connectivity index (χ4v) is 2.45. The zero-order chi connectivity index (χ0) is 14.1. The van der Waals surface area contributed by atoms with Crippen molar-refractivity contribution in [3.63, 3.8) is 0 Å². The first-order valence-electron chi connectivity index (χ1n) is 7.39. The summed E-state index contributed by atoms with van der Waals surface area (Å²) in [7, 11) is 0. The molecule has 6 heteroatoms. The van der Waals surface area contributed by atoms with Gasteiger partial charge in [-0.15, -0.1) is 5.10 Å². The molecule has 1 aliphatic rings. The van der Waals surface area contributed by atoms with Gasteiger partial charge < -0.3 is 9.72 Å². The lowest BCUT2D eigenvalue weighted by molar-refractivity contribution is 0.626. The highest BCUT2D eigenvalue weighted by atomic mass is 15.4. The van der Waals surface area contributed by atoms with Crippen molar-refractivity contribution in [3.8, 4) is 0 Å². The Morgan fingerprint density at radius 2 is 2.14 bits per heavy atom. The van der Waals surface area contributed by atoms with Gasteiger partial charge in [-0.2, -0.15) is 0 Å². The third-order valence-electron chi connectivity index (χ3n) is 3.76. The summed E-state index contributed by atoms with van der Waals surface area (Å²) in [6.07, 6.45) is 8.76. The summed E-state index contributed by atoms with van der Waals surface area (Å²) in [5.74, 6) is 0.887. The van der Waals surface area contributed by atoms with E-state index >= 15 is 0 Å². The fraction of sp³-hybridized carbons (Fsp3) is 0.400. The first-order valence-corrected chi connectivity index (χ1v) is 7.39. The number of aromatic nitrogens is 5. The highest BCUT2D eigenvalue weighted by Gasteiger charge is 2.20. The number of imidazole rings is 1. The van der Waals surface area contributed by atoms with E-state index in [1.807, 2.05) is 45.9 Å². The molecule has 0 amide bonds. The average Bonchev–Trinajstić information content (AvgIpc) is 3.06. The van der Waals surface area contributed by atoms with Crippen LogP contribution in [0.5, 0.6) is 0 Å². The Morgan fingerprint density at radius 3 is 3.00 bits per heavy atom. The first-order chi connectivity index (χ1) is 10.4. The minimum atomic E-state index is 0.650. The van der Waals surface area contributed by atoms with Crippen LogP contribution in [0, 0.1) is 5.92 Å². The van der Waals surface area contributed by atoms with Crippen LogP contribution >= 0.6 is 0 Å². The molecule has 4 rings (SSSR count). The number of nitrogens with one attached hydrogen (secondary N) is 1. The molecule has 0 spiro atoms. The molecule has 0 aliphatic heterocycles. The van der Waals surface area contributed by atoms with E-state index in [0.29, 0.717) is 6.54 Å². The molecule has 3 aromatic rings. The lowest BCUT2D eigenvalue weighted by atomic mass is 10.4. The molecule has 0 aromatic carbocycles. The molecule has 6 nitrogen and oxygen atoms in total. The Kier molecular flexibility index (Phi) is 3.16. The Balaban J connectivity index is 1.40. The van der Waals surface area contributed by atoms with Gasteiger partial charge >= 0.3 is 0 Å². The Hall–Kier alpha value is -2.21. The molecule has 0 saturated heterocycles. The number of nitrogens with zero attached hydrogens (tertiary/aromatic N) is 5. The molecular formula is C15H18N6. The summed E-state index contributed by atoms with van der Waals surface area (Å²) in [6.45, 7) is 2.54. The summed E-state index contributed by atoms with van der Waals surface area (Å²) in [5.41, 5.74) is 2.93. The maximum Gasteiger partial charge on any atom is 0.137 e. The number of fused-ring (bicyclic) bond motifs is 1. The van der Waals surface area contributed by atoms with Crippen LogP contribution in [0.3, 0.4) is 0 Å². The average molecular weight is 282 g/mol. The molecule has 1 saturated carbocycles. The molecule has 3 heterocycles. The zero-order valence-corrected chi connectivity index (χ0v) is 11.8. The monoisotopic (exact) mass is 282 g/mol. The largest absolute Gasteiger partial charge is 0.311 e. The Labute approximate surface area is 122 Å². The van der Waals surface area contributed by atoms with Crippen LogP contribution in [-0.4, -0.2) is 30.9 Å². The topological polar surface area (TPSA) is 60.0 Å². The van der Waals surface area contributed by atoms with Crippen LogP contribution in [-0.2, 0) is 13.1 Å². The minimum absolute atomic E-state index is 0.650. The van der Waals surface area contributed by atoms with Crippen molar-refractivity contribution in [2.75, 3.05) is 6.54 Å². The van der Waals surface area contributed by atoms with Gasteiger partial charge in [0.05, 0.1) is 24.1 Å². The normalized spacial score (nSPS) is 14.9. The molecule has 1 fully saturated rings. The number of hydrogen-bond donors (Lipinski definition) is 1. The lowest BCUT2D eigenvalue weighted by Gasteiger charge is -1.98. The van der Waals surface area contributed by atoms with Crippen molar-refractivity contribution in [1.29, 1.82) is 0 Å². The van der Waals surface area contributed by atoms with Crippen molar-refractivity contribution in [1.82, 2.24) is 29.7 Å². The van der Waals surface area contributed by atoms with Gasteiger partial charge in [-0.3, -0.25) is 0 Å². The van der Waals surface area contributed by atoms with E-state index in [4.69, 9.17) is 0 Å². The second-order valence-corrected chi connectivity index (χ2v) is 5.68. The predicted octanol–water partition coefficient (Wildman–Crippen LogP) is 1.47. The molecule has 0 unspecified atom stereocenters. The summed E-state index contributed by atoms with van der Waals surface area (Å²) in [4.78, 5) is 4.57. The van der Waals surface area contributed by atoms with Crippen LogP contribution in [0.15, 0.2) is 36.8 Å². The maximum atomic E-state index is 4.57. The maximum absolute atomic E-state index is 4.57. The fourth-order valence-electron chi connectivity index (χ4n) is 2.45. The third-order valence-corrected chi connectivity index (χ3v) is 3.76. The van der Waals surface area contributed by atoms with E-state index in [0.717, 1.165) is 36.0 Å². The van der Waals surface area contributed by atoms with Gasteiger partial charge in [-0.05, 0) is 37.4 Å². The molecular weight excluding hydrogens is 264 g/mol. The van der Waals surface area contributed by atoms with Crippen molar-refractivity contribution in [2.24, 2.45) is 5.92 Å². The molecule has 1 aliphatic carbocycles. The van der Waals surface area contributed by atoms with Crippen LogP contribution < -0.4 is 5.32 Å². The molecule has 3 aromatic heterocycles. The predicted molar refractivity (Wildman–Crippen MR) is 78.7 cm³/mol. The smallest absolute Gasteiger partial charge is 0.137 e. The van der Waals surface area contributed by atoms with E-state index in [1.54, 1.807) is 0 Å². The van der Waals surface area contributed by atoms with E-state index in [9.17, 15) is 0 Å². The van der Waals surface area contributed by atoms with E-state index in [2.05, 4.69) is 20.6 Å². The van der Waals surface area contributed by atoms with Crippen molar-refractivity contribution >= 4 is 5.65 Å². The van der Waals surface area contributed by atoms with E-state index < -0.39 is 0 Å². The zero-order valence-electron chi connectivity index (χ0n) is 11.8. The van der Waals surface area contributed by atoms with Gasteiger partial charge in [0.15, 0.2) is 0 Å². The minimum Gasteiger partial charge on any atom is -0.311 e. The Bertz CT molecular complexity index is 706. The number of rotatable bonds is 6. The molecule has 1 N–H and O–H groups in total. The summed E-state index contributed by atoms with van der Waals surface area (Å²) >= 11 is 0. The van der Waals surface area contributed by atoms with Gasteiger partial charge in [0, 0.05) is 18.9 Å². The van der Waals surface area contributed by atoms with Crippen molar-refractivity contribution in [2.45, 2.75) is 25.9 Å².